The monoisotopic (exact) mass is 665 g/mol. The summed E-state index contributed by atoms with van der Waals surface area (Å²) in [5.41, 5.74) is 8.41. The number of nitrogens with zero attached hydrogens (tertiary/aromatic N) is 3. The first kappa shape index (κ1) is 28.7. The number of hydrogen-bond acceptors (Lipinski definition) is 5. The van der Waals surface area contributed by atoms with Gasteiger partial charge in [0.2, 0.25) is 0 Å². The topological polar surface area (TPSA) is 65.0 Å². The van der Waals surface area contributed by atoms with E-state index in [0.29, 0.717) is 17.5 Å². The Morgan fingerprint density at radius 1 is 0.308 bits per heavy atom. The van der Waals surface area contributed by atoms with E-state index in [-0.39, 0.29) is 0 Å². The van der Waals surface area contributed by atoms with Crippen molar-refractivity contribution in [1.82, 2.24) is 15.0 Å². The number of benzene rings is 8. The largest absolute Gasteiger partial charge is 0.456 e. The van der Waals surface area contributed by atoms with Crippen molar-refractivity contribution >= 4 is 65.4 Å². The first-order valence-electron chi connectivity index (χ1n) is 17.3. The molecule has 0 atom stereocenters. The molecule has 0 amide bonds. The lowest BCUT2D eigenvalue weighted by Gasteiger charge is -2.11. The van der Waals surface area contributed by atoms with Crippen LogP contribution in [0.5, 0.6) is 0 Å². The molecule has 3 heterocycles. The van der Waals surface area contributed by atoms with E-state index in [9.17, 15) is 0 Å². The van der Waals surface area contributed by atoms with Crippen molar-refractivity contribution in [3.63, 3.8) is 0 Å². The van der Waals surface area contributed by atoms with Gasteiger partial charge in [-0.05, 0) is 69.8 Å². The van der Waals surface area contributed by atoms with Gasteiger partial charge in [0.1, 0.15) is 22.3 Å². The Morgan fingerprint density at radius 2 is 0.942 bits per heavy atom. The van der Waals surface area contributed by atoms with Crippen LogP contribution in [0.25, 0.3) is 111 Å². The highest BCUT2D eigenvalue weighted by atomic mass is 16.3. The smallest absolute Gasteiger partial charge is 0.164 e. The zero-order valence-corrected chi connectivity index (χ0v) is 27.7. The third-order valence-corrected chi connectivity index (χ3v) is 10.1. The molecule has 0 spiro atoms. The molecule has 0 radical (unpaired) electrons. The van der Waals surface area contributed by atoms with Gasteiger partial charge in [0.05, 0.1) is 0 Å². The van der Waals surface area contributed by atoms with Crippen LogP contribution in [0.4, 0.5) is 0 Å². The van der Waals surface area contributed by atoms with E-state index in [0.717, 1.165) is 87.9 Å². The van der Waals surface area contributed by atoms with Gasteiger partial charge in [-0.1, -0.05) is 121 Å². The molecule has 5 nitrogen and oxygen atoms in total. The highest BCUT2D eigenvalue weighted by Gasteiger charge is 2.19. The van der Waals surface area contributed by atoms with Crippen LogP contribution in [0.1, 0.15) is 0 Å². The van der Waals surface area contributed by atoms with E-state index in [1.807, 2.05) is 48.5 Å². The van der Waals surface area contributed by atoms with Crippen LogP contribution in [-0.4, -0.2) is 15.0 Å². The summed E-state index contributed by atoms with van der Waals surface area (Å²) >= 11 is 0. The van der Waals surface area contributed by atoms with Crippen molar-refractivity contribution < 1.29 is 8.83 Å². The second-order valence-electron chi connectivity index (χ2n) is 13.2. The van der Waals surface area contributed by atoms with Gasteiger partial charge >= 0.3 is 0 Å². The van der Waals surface area contributed by atoms with E-state index < -0.39 is 0 Å². The zero-order chi connectivity index (χ0) is 34.2. The second kappa shape index (κ2) is 11.2. The van der Waals surface area contributed by atoms with E-state index in [1.165, 1.54) is 5.39 Å². The zero-order valence-electron chi connectivity index (χ0n) is 27.7. The number of rotatable bonds is 4. The Bertz CT molecular complexity index is 3190. The lowest BCUT2D eigenvalue weighted by atomic mass is 9.98. The molecule has 0 fully saturated rings. The normalized spacial score (nSPS) is 11.8. The number of furan rings is 2. The fourth-order valence-electron chi connectivity index (χ4n) is 7.54. The van der Waals surface area contributed by atoms with Crippen LogP contribution in [0, 0.1) is 0 Å². The molecule has 0 aliphatic carbocycles. The number of aromatic nitrogens is 3. The first-order valence-corrected chi connectivity index (χ1v) is 17.3. The van der Waals surface area contributed by atoms with Crippen molar-refractivity contribution in [3.8, 4) is 45.3 Å². The van der Waals surface area contributed by atoms with Crippen LogP contribution in [0.2, 0.25) is 0 Å². The van der Waals surface area contributed by atoms with Gasteiger partial charge in [0.25, 0.3) is 0 Å². The summed E-state index contributed by atoms with van der Waals surface area (Å²) in [7, 11) is 0. The van der Waals surface area contributed by atoms with Gasteiger partial charge in [0.15, 0.2) is 17.5 Å². The fourth-order valence-corrected chi connectivity index (χ4v) is 7.54. The molecule has 0 unspecified atom stereocenters. The molecule has 5 heteroatoms. The molecule has 8 aromatic carbocycles. The predicted octanol–water partition coefficient (Wildman–Crippen LogP) is 12.6. The Balaban J connectivity index is 1.11. The minimum absolute atomic E-state index is 0.613. The van der Waals surface area contributed by atoms with Crippen LogP contribution in [-0.2, 0) is 0 Å². The predicted molar refractivity (Wildman–Crippen MR) is 211 cm³/mol. The van der Waals surface area contributed by atoms with Gasteiger partial charge in [-0.25, -0.2) is 15.0 Å². The van der Waals surface area contributed by atoms with Crippen molar-refractivity contribution in [2.24, 2.45) is 0 Å². The standard InChI is InChI=1S/C47H27N3O2/c1-2-11-29(12-3-1)45-48-46(33-19-18-28-10-4-5-13-30(28)24-33)50-47(49-45)40-27-39-36-22-20-32(26-43(36)52-44(39)37-16-7-6-14-34(37)40)31-21-23-42-38(25-31)35-15-8-9-17-41(35)51-42/h1-27H. The molecule has 242 valence electrons. The van der Waals surface area contributed by atoms with Crippen molar-refractivity contribution in [1.29, 1.82) is 0 Å². The Morgan fingerprint density at radius 3 is 1.83 bits per heavy atom. The summed E-state index contributed by atoms with van der Waals surface area (Å²) in [4.78, 5) is 15.3. The van der Waals surface area contributed by atoms with Gasteiger partial charge in [-0.2, -0.15) is 0 Å². The fraction of sp³-hybridized carbons (Fsp3) is 0. The van der Waals surface area contributed by atoms with Crippen molar-refractivity contribution in [3.05, 3.63) is 164 Å². The Labute approximate surface area is 297 Å². The summed E-state index contributed by atoms with van der Waals surface area (Å²) in [6, 6.07) is 56.4. The minimum atomic E-state index is 0.613. The summed E-state index contributed by atoms with van der Waals surface area (Å²) < 4.78 is 12.8. The molecule has 0 N–H and O–H groups in total. The number of para-hydroxylation sites is 1. The molecular weight excluding hydrogens is 639 g/mol. The van der Waals surface area contributed by atoms with E-state index in [1.54, 1.807) is 0 Å². The van der Waals surface area contributed by atoms with E-state index in [4.69, 9.17) is 23.8 Å². The lowest BCUT2D eigenvalue weighted by Crippen LogP contribution is -2.00. The molecule has 0 aliphatic heterocycles. The highest BCUT2D eigenvalue weighted by Crippen LogP contribution is 2.41. The molecule has 0 saturated carbocycles. The quantitative estimate of drug-likeness (QED) is 0.187. The van der Waals surface area contributed by atoms with Gasteiger partial charge in [-0.3, -0.25) is 0 Å². The average molecular weight is 666 g/mol. The molecule has 0 saturated heterocycles. The summed E-state index contributed by atoms with van der Waals surface area (Å²) in [5.74, 6) is 1.87. The molecule has 3 aromatic heterocycles. The number of hydrogen-bond donors (Lipinski definition) is 0. The molecule has 52 heavy (non-hydrogen) atoms. The lowest BCUT2D eigenvalue weighted by molar-refractivity contribution is 0.669. The Kier molecular flexibility index (Phi) is 6.18. The highest BCUT2D eigenvalue weighted by molar-refractivity contribution is 6.19. The van der Waals surface area contributed by atoms with Crippen LogP contribution < -0.4 is 0 Å². The van der Waals surface area contributed by atoms with E-state index in [2.05, 4.69) is 115 Å². The minimum Gasteiger partial charge on any atom is -0.456 e. The second-order valence-corrected chi connectivity index (χ2v) is 13.2. The van der Waals surface area contributed by atoms with Gasteiger partial charge in [-0.15, -0.1) is 0 Å². The first-order chi connectivity index (χ1) is 25.7. The van der Waals surface area contributed by atoms with Crippen LogP contribution in [0.3, 0.4) is 0 Å². The van der Waals surface area contributed by atoms with Crippen molar-refractivity contribution in [2.75, 3.05) is 0 Å². The Hall–Kier alpha value is -7.11. The SMILES string of the molecule is c1ccc(-c2nc(-c3ccc4ccccc4c3)nc(-c3cc4c5ccc(-c6ccc7oc8ccccc8c7c6)cc5oc4c4ccccc34)n2)cc1. The summed E-state index contributed by atoms with van der Waals surface area (Å²) in [5, 5.41) is 8.59. The van der Waals surface area contributed by atoms with Crippen LogP contribution >= 0.6 is 0 Å². The summed E-state index contributed by atoms with van der Waals surface area (Å²) in [6.45, 7) is 0. The van der Waals surface area contributed by atoms with Crippen LogP contribution in [0.15, 0.2) is 173 Å². The van der Waals surface area contributed by atoms with Crippen molar-refractivity contribution in [2.45, 2.75) is 0 Å². The maximum atomic E-state index is 6.72. The maximum absolute atomic E-state index is 6.72. The molecule has 0 aliphatic rings. The maximum Gasteiger partial charge on any atom is 0.164 e. The van der Waals surface area contributed by atoms with Gasteiger partial charge in [0, 0.05) is 43.6 Å². The average Bonchev–Trinajstić information content (AvgIpc) is 3.78. The third-order valence-electron chi connectivity index (χ3n) is 10.1. The van der Waals surface area contributed by atoms with Gasteiger partial charge < -0.3 is 8.83 Å². The summed E-state index contributed by atoms with van der Waals surface area (Å²) in [6.07, 6.45) is 0. The molecular formula is C47H27N3O2. The number of fused-ring (bicyclic) bond motifs is 9. The van der Waals surface area contributed by atoms with E-state index >= 15 is 0 Å². The molecule has 0 bridgehead atoms. The molecule has 11 rings (SSSR count). The molecule has 11 aromatic rings. The third kappa shape index (κ3) is 4.53.